The van der Waals surface area contributed by atoms with Crippen molar-refractivity contribution in [2.45, 2.75) is 19.9 Å². The first-order chi connectivity index (χ1) is 8.06. The number of para-hydroxylation sites is 1. The summed E-state index contributed by atoms with van der Waals surface area (Å²) in [5.74, 6) is 0.450. The zero-order valence-corrected chi connectivity index (χ0v) is 10.1. The first kappa shape index (κ1) is 11.4. The summed E-state index contributed by atoms with van der Waals surface area (Å²) in [5.41, 5.74) is 8.04. The van der Waals surface area contributed by atoms with E-state index in [1.807, 2.05) is 23.6 Å². The van der Waals surface area contributed by atoms with Crippen LogP contribution in [0.4, 0.5) is 5.69 Å². The van der Waals surface area contributed by atoms with Crippen molar-refractivity contribution in [2.75, 3.05) is 12.8 Å². The molecular weight excluding hydrogens is 218 g/mol. The Bertz CT molecular complexity index is 574. The van der Waals surface area contributed by atoms with Crippen molar-refractivity contribution < 1.29 is 9.53 Å². The molecule has 5 nitrogen and oxygen atoms in total. The number of fused-ring (bicyclic) bond motifs is 1. The molecule has 0 aliphatic heterocycles. The molecule has 0 aliphatic rings. The number of hydrogen-bond donors (Lipinski definition) is 1. The Kier molecular flexibility index (Phi) is 2.75. The largest absolute Gasteiger partial charge is 0.467 e. The molecule has 2 aromatic rings. The Balaban J connectivity index is 2.65. The predicted molar refractivity (Wildman–Crippen MR) is 65.6 cm³/mol. The van der Waals surface area contributed by atoms with Crippen molar-refractivity contribution >= 4 is 22.7 Å². The van der Waals surface area contributed by atoms with Crippen LogP contribution in [0.3, 0.4) is 0 Å². The molecule has 0 bridgehead atoms. The number of methoxy groups -OCH3 is 1. The normalized spacial score (nSPS) is 12.6. The molecule has 1 aromatic carbocycles. The molecule has 2 N–H and O–H groups in total. The Morgan fingerprint density at radius 1 is 1.53 bits per heavy atom. The number of nitrogens with zero attached hydrogens (tertiary/aromatic N) is 2. The maximum absolute atomic E-state index is 11.6. The third-order valence-corrected chi connectivity index (χ3v) is 2.86. The number of rotatable bonds is 2. The minimum absolute atomic E-state index is 0.296. The van der Waals surface area contributed by atoms with Crippen LogP contribution in [-0.2, 0) is 9.53 Å². The van der Waals surface area contributed by atoms with Crippen LogP contribution in [0.2, 0.25) is 0 Å². The zero-order valence-electron chi connectivity index (χ0n) is 10.1. The first-order valence-electron chi connectivity index (χ1n) is 5.37. The molecule has 0 radical (unpaired) electrons. The van der Waals surface area contributed by atoms with E-state index in [4.69, 9.17) is 10.5 Å². The van der Waals surface area contributed by atoms with Gasteiger partial charge in [0.2, 0.25) is 0 Å². The fourth-order valence-corrected chi connectivity index (χ4v) is 2.02. The second-order valence-corrected chi connectivity index (χ2v) is 3.94. The van der Waals surface area contributed by atoms with E-state index in [1.165, 1.54) is 7.11 Å². The lowest BCUT2D eigenvalue weighted by Crippen LogP contribution is -2.18. The van der Waals surface area contributed by atoms with Gasteiger partial charge in [-0.2, -0.15) is 0 Å². The fraction of sp³-hybridized carbons (Fsp3) is 0.333. The summed E-state index contributed by atoms with van der Waals surface area (Å²) in [7, 11) is 1.38. The Morgan fingerprint density at radius 3 is 2.88 bits per heavy atom. The highest BCUT2D eigenvalue weighted by Crippen LogP contribution is 2.25. The van der Waals surface area contributed by atoms with Gasteiger partial charge in [-0.25, -0.2) is 9.78 Å². The van der Waals surface area contributed by atoms with Crippen molar-refractivity contribution in [3.63, 3.8) is 0 Å². The Morgan fingerprint density at radius 2 is 2.24 bits per heavy atom. The smallest absolute Gasteiger partial charge is 0.328 e. The second-order valence-electron chi connectivity index (χ2n) is 3.94. The van der Waals surface area contributed by atoms with Crippen LogP contribution in [0.1, 0.15) is 18.8 Å². The van der Waals surface area contributed by atoms with Crippen LogP contribution in [0.15, 0.2) is 18.2 Å². The van der Waals surface area contributed by atoms with Gasteiger partial charge in [0.1, 0.15) is 17.4 Å². The number of carbonyl (C=O) groups is 1. The standard InChI is InChI=1S/C12H15N3O2/c1-7(12(16)17-3)15-8(2)14-11-9(13)5-4-6-10(11)15/h4-7H,13H2,1-3H3. The molecule has 5 heteroatoms. The number of anilines is 1. The van der Waals surface area contributed by atoms with E-state index < -0.39 is 6.04 Å². The number of benzene rings is 1. The van der Waals surface area contributed by atoms with E-state index >= 15 is 0 Å². The third kappa shape index (κ3) is 1.73. The highest BCUT2D eigenvalue weighted by molar-refractivity contribution is 5.89. The Hall–Kier alpha value is -2.04. The van der Waals surface area contributed by atoms with Crippen LogP contribution in [-0.4, -0.2) is 22.6 Å². The average Bonchev–Trinajstić information content (AvgIpc) is 2.65. The molecule has 1 atom stereocenters. The lowest BCUT2D eigenvalue weighted by atomic mass is 10.2. The number of aryl methyl sites for hydroxylation is 1. The molecular formula is C12H15N3O2. The van der Waals surface area contributed by atoms with E-state index in [9.17, 15) is 4.79 Å². The second kappa shape index (κ2) is 4.08. The minimum Gasteiger partial charge on any atom is -0.467 e. The van der Waals surface area contributed by atoms with E-state index in [0.717, 1.165) is 16.9 Å². The monoisotopic (exact) mass is 233 g/mol. The van der Waals surface area contributed by atoms with Crippen LogP contribution in [0, 0.1) is 6.92 Å². The zero-order chi connectivity index (χ0) is 12.6. The number of aromatic nitrogens is 2. The maximum atomic E-state index is 11.6. The lowest BCUT2D eigenvalue weighted by Gasteiger charge is -2.13. The number of ether oxygens (including phenoxy) is 1. The van der Waals surface area contributed by atoms with Gasteiger partial charge < -0.3 is 15.0 Å². The Labute approximate surface area is 99.2 Å². The van der Waals surface area contributed by atoms with E-state index in [2.05, 4.69) is 4.98 Å². The molecule has 0 amide bonds. The maximum Gasteiger partial charge on any atom is 0.328 e. The third-order valence-electron chi connectivity index (χ3n) is 2.86. The van der Waals surface area contributed by atoms with Gasteiger partial charge in [-0.15, -0.1) is 0 Å². The van der Waals surface area contributed by atoms with Crippen LogP contribution < -0.4 is 5.73 Å². The van der Waals surface area contributed by atoms with E-state index in [-0.39, 0.29) is 5.97 Å². The van der Waals surface area contributed by atoms with Gasteiger partial charge in [0, 0.05) is 0 Å². The molecule has 0 fully saturated rings. The number of carbonyl (C=O) groups excluding carboxylic acids is 1. The molecule has 90 valence electrons. The number of esters is 1. The van der Waals surface area contributed by atoms with Crippen molar-refractivity contribution in [3.8, 4) is 0 Å². The molecule has 1 unspecified atom stereocenters. The number of imidazole rings is 1. The molecule has 0 saturated heterocycles. The summed E-state index contributed by atoms with van der Waals surface area (Å²) in [6.07, 6.45) is 0. The predicted octanol–water partition coefficient (Wildman–Crippen LogP) is 1.66. The van der Waals surface area contributed by atoms with Gasteiger partial charge in [0.05, 0.1) is 18.3 Å². The van der Waals surface area contributed by atoms with Crippen molar-refractivity contribution in [1.82, 2.24) is 9.55 Å². The number of hydrogen-bond acceptors (Lipinski definition) is 4. The van der Waals surface area contributed by atoms with Crippen LogP contribution in [0.25, 0.3) is 11.0 Å². The summed E-state index contributed by atoms with van der Waals surface area (Å²) in [6.45, 7) is 3.63. The fourth-order valence-electron chi connectivity index (χ4n) is 2.02. The lowest BCUT2D eigenvalue weighted by molar-refractivity contribution is -0.143. The molecule has 1 heterocycles. The summed E-state index contributed by atoms with van der Waals surface area (Å²) < 4.78 is 6.58. The molecule has 0 saturated carbocycles. The first-order valence-corrected chi connectivity index (χ1v) is 5.37. The van der Waals surface area contributed by atoms with Crippen LogP contribution in [0.5, 0.6) is 0 Å². The topological polar surface area (TPSA) is 70.1 Å². The summed E-state index contributed by atoms with van der Waals surface area (Å²) in [6, 6.07) is 5.12. The van der Waals surface area contributed by atoms with Crippen LogP contribution >= 0.6 is 0 Å². The van der Waals surface area contributed by atoms with E-state index in [0.29, 0.717) is 5.69 Å². The van der Waals surface area contributed by atoms with Crippen molar-refractivity contribution in [1.29, 1.82) is 0 Å². The average molecular weight is 233 g/mol. The number of nitrogen functional groups attached to an aromatic ring is 1. The van der Waals surface area contributed by atoms with Gasteiger partial charge >= 0.3 is 5.97 Å². The summed E-state index contributed by atoms with van der Waals surface area (Å²) >= 11 is 0. The summed E-state index contributed by atoms with van der Waals surface area (Å²) in [5, 5.41) is 0. The van der Waals surface area contributed by atoms with E-state index in [1.54, 1.807) is 13.0 Å². The molecule has 17 heavy (non-hydrogen) atoms. The summed E-state index contributed by atoms with van der Waals surface area (Å²) in [4.78, 5) is 16.0. The van der Waals surface area contributed by atoms with Gasteiger partial charge in [-0.1, -0.05) is 6.07 Å². The van der Waals surface area contributed by atoms with Gasteiger partial charge in [0.25, 0.3) is 0 Å². The van der Waals surface area contributed by atoms with Gasteiger partial charge in [-0.3, -0.25) is 0 Å². The van der Waals surface area contributed by atoms with Crippen molar-refractivity contribution in [2.24, 2.45) is 0 Å². The SMILES string of the molecule is COC(=O)C(C)n1c(C)nc2c(N)cccc21. The highest BCUT2D eigenvalue weighted by Gasteiger charge is 2.20. The quantitative estimate of drug-likeness (QED) is 0.632. The van der Waals surface area contributed by atoms with Crippen molar-refractivity contribution in [3.05, 3.63) is 24.0 Å². The van der Waals surface area contributed by atoms with Gasteiger partial charge in [-0.05, 0) is 26.0 Å². The minimum atomic E-state index is -0.410. The highest BCUT2D eigenvalue weighted by atomic mass is 16.5. The molecule has 0 aliphatic carbocycles. The molecule has 2 rings (SSSR count). The molecule has 1 aromatic heterocycles. The molecule has 0 spiro atoms. The van der Waals surface area contributed by atoms with Gasteiger partial charge in [0.15, 0.2) is 0 Å². The number of nitrogens with two attached hydrogens (primary N) is 1.